The van der Waals surface area contributed by atoms with E-state index in [1.54, 1.807) is 16.9 Å². The van der Waals surface area contributed by atoms with Crippen molar-refractivity contribution in [1.82, 2.24) is 14.8 Å². The van der Waals surface area contributed by atoms with Crippen molar-refractivity contribution in [2.45, 2.75) is 25.5 Å². The second-order valence-electron chi connectivity index (χ2n) is 3.95. The minimum Gasteiger partial charge on any atom is -0.356 e. The van der Waals surface area contributed by atoms with Crippen LogP contribution >= 0.6 is 0 Å². The average molecular weight is 221 g/mol. The summed E-state index contributed by atoms with van der Waals surface area (Å²) in [7, 11) is 0. The van der Waals surface area contributed by atoms with Crippen LogP contribution in [0.4, 0.5) is 4.39 Å². The van der Waals surface area contributed by atoms with Crippen LogP contribution in [0, 0.1) is 5.95 Å². The molecule has 0 bridgehead atoms. The van der Waals surface area contributed by atoms with Gasteiger partial charge >= 0.3 is 0 Å². The van der Waals surface area contributed by atoms with Gasteiger partial charge in [0.05, 0.1) is 11.7 Å². The van der Waals surface area contributed by atoms with E-state index < -0.39 is 5.95 Å². The van der Waals surface area contributed by atoms with Gasteiger partial charge in [-0.1, -0.05) is 0 Å². The number of aromatic nitrogens is 3. The van der Waals surface area contributed by atoms with Gasteiger partial charge in [-0.15, -0.1) is 0 Å². The summed E-state index contributed by atoms with van der Waals surface area (Å²) >= 11 is 0. The lowest BCUT2D eigenvalue weighted by atomic mass is 10.2. The van der Waals surface area contributed by atoms with Gasteiger partial charge < -0.3 is 4.74 Å². The standard InChI is InChI=1S/C11H12FN3O/c12-10-5-4-9-8(14-10)7-13-15(9)11-3-1-2-6-16-11/h4-5,7,11H,1-3,6H2. The molecule has 84 valence electrons. The van der Waals surface area contributed by atoms with E-state index in [9.17, 15) is 4.39 Å². The quantitative estimate of drug-likeness (QED) is 0.693. The van der Waals surface area contributed by atoms with Gasteiger partial charge in [-0.2, -0.15) is 9.49 Å². The van der Waals surface area contributed by atoms with E-state index in [4.69, 9.17) is 4.74 Å². The molecule has 0 saturated carbocycles. The summed E-state index contributed by atoms with van der Waals surface area (Å²) in [5.41, 5.74) is 1.41. The molecule has 0 radical (unpaired) electrons. The maximum absolute atomic E-state index is 12.9. The number of ether oxygens (including phenoxy) is 1. The van der Waals surface area contributed by atoms with E-state index in [1.807, 2.05) is 0 Å². The molecule has 1 atom stereocenters. The lowest BCUT2D eigenvalue weighted by Gasteiger charge is -2.23. The Kier molecular flexibility index (Phi) is 2.32. The van der Waals surface area contributed by atoms with Crippen LogP contribution < -0.4 is 0 Å². The number of hydrogen-bond acceptors (Lipinski definition) is 3. The Balaban J connectivity index is 2.03. The Morgan fingerprint density at radius 3 is 3.12 bits per heavy atom. The van der Waals surface area contributed by atoms with Gasteiger partial charge in [-0.05, 0) is 31.4 Å². The first-order valence-corrected chi connectivity index (χ1v) is 5.46. The third-order valence-electron chi connectivity index (χ3n) is 2.85. The predicted molar refractivity (Wildman–Crippen MR) is 56.3 cm³/mol. The summed E-state index contributed by atoms with van der Waals surface area (Å²) in [5.74, 6) is -0.475. The van der Waals surface area contributed by atoms with Gasteiger partial charge in [0.1, 0.15) is 5.52 Å². The zero-order valence-corrected chi connectivity index (χ0v) is 8.77. The van der Waals surface area contributed by atoms with E-state index in [0.717, 1.165) is 31.4 Å². The van der Waals surface area contributed by atoms with Crippen molar-refractivity contribution in [3.8, 4) is 0 Å². The first-order valence-electron chi connectivity index (χ1n) is 5.46. The molecule has 2 aromatic heterocycles. The molecule has 3 heterocycles. The molecular formula is C11H12FN3O. The lowest BCUT2D eigenvalue weighted by molar-refractivity contribution is -0.0366. The van der Waals surface area contributed by atoms with Gasteiger partial charge in [0.15, 0.2) is 6.23 Å². The van der Waals surface area contributed by atoms with E-state index in [0.29, 0.717) is 5.52 Å². The third-order valence-corrected chi connectivity index (χ3v) is 2.85. The monoisotopic (exact) mass is 221 g/mol. The lowest BCUT2D eigenvalue weighted by Crippen LogP contribution is -2.18. The van der Waals surface area contributed by atoms with Crippen LogP contribution in [0.3, 0.4) is 0 Å². The molecule has 16 heavy (non-hydrogen) atoms. The number of pyridine rings is 1. The van der Waals surface area contributed by atoms with Crippen molar-refractivity contribution < 1.29 is 9.13 Å². The predicted octanol–water partition coefficient (Wildman–Crippen LogP) is 2.27. The second kappa shape index (κ2) is 3.83. The number of fused-ring (bicyclic) bond motifs is 1. The second-order valence-corrected chi connectivity index (χ2v) is 3.95. The number of hydrogen-bond donors (Lipinski definition) is 0. The van der Waals surface area contributed by atoms with Crippen LogP contribution in [-0.4, -0.2) is 21.4 Å². The molecule has 2 aromatic rings. The number of rotatable bonds is 1. The van der Waals surface area contributed by atoms with Crippen LogP contribution in [-0.2, 0) is 4.74 Å². The summed E-state index contributed by atoms with van der Waals surface area (Å²) < 4.78 is 20.3. The molecule has 1 fully saturated rings. The van der Waals surface area contributed by atoms with E-state index in [-0.39, 0.29) is 6.23 Å². The van der Waals surface area contributed by atoms with E-state index in [1.165, 1.54) is 6.07 Å². The maximum Gasteiger partial charge on any atom is 0.213 e. The molecule has 5 heteroatoms. The van der Waals surface area contributed by atoms with Crippen LogP contribution in [0.1, 0.15) is 25.5 Å². The Morgan fingerprint density at radius 2 is 2.31 bits per heavy atom. The van der Waals surface area contributed by atoms with Crippen molar-refractivity contribution in [1.29, 1.82) is 0 Å². The normalized spacial score (nSPS) is 21.4. The minimum absolute atomic E-state index is 0.0292. The van der Waals surface area contributed by atoms with Crippen molar-refractivity contribution in [3.63, 3.8) is 0 Å². The van der Waals surface area contributed by atoms with Gasteiger partial charge in [-0.25, -0.2) is 9.67 Å². The van der Waals surface area contributed by atoms with Crippen LogP contribution in [0.2, 0.25) is 0 Å². The Labute approximate surface area is 92.0 Å². The Bertz CT molecular complexity index is 505. The summed E-state index contributed by atoms with van der Waals surface area (Å²) in [6.07, 6.45) is 4.74. The first kappa shape index (κ1) is 9.72. The third kappa shape index (κ3) is 1.57. The minimum atomic E-state index is -0.475. The highest BCUT2D eigenvalue weighted by molar-refractivity contribution is 5.73. The van der Waals surface area contributed by atoms with Crippen molar-refractivity contribution >= 4 is 11.0 Å². The van der Waals surface area contributed by atoms with Gasteiger partial charge in [0.25, 0.3) is 0 Å². The molecule has 1 saturated heterocycles. The molecule has 0 aliphatic carbocycles. The summed E-state index contributed by atoms with van der Waals surface area (Å²) in [6, 6.07) is 3.05. The molecule has 1 unspecified atom stereocenters. The molecule has 1 aliphatic heterocycles. The molecule has 1 aliphatic rings. The maximum atomic E-state index is 12.9. The Hall–Kier alpha value is -1.49. The summed E-state index contributed by atoms with van der Waals surface area (Å²) in [5, 5.41) is 4.22. The number of halogens is 1. The van der Waals surface area contributed by atoms with Gasteiger partial charge in [0.2, 0.25) is 5.95 Å². The topological polar surface area (TPSA) is 39.9 Å². The first-order chi connectivity index (χ1) is 7.84. The molecular weight excluding hydrogens is 209 g/mol. The summed E-state index contributed by atoms with van der Waals surface area (Å²) in [4.78, 5) is 3.79. The zero-order chi connectivity index (χ0) is 11.0. The molecule has 0 spiro atoms. The zero-order valence-electron chi connectivity index (χ0n) is 8.77. The highest BCUT2D eigenvalue weighted by Crippen LogP contribution is 2.25. The van der Waals surface area contributed by atoms with E-state index >= 15 is 0 Å². The SMILES string of the molecule is Fc1ccc2c(cnn2C2CCCCO2)n1. The fourth-order valence-corrected chi connectivity index (χ4v) is 2.06. The highest BCUT2D eigenvalue weighted by atomic mass is 19.1. The van der Waals surface area contributed by atoms with Gasteiger partial charge in [0, 0.05) is 6.61 Å². The smallest absolute Gasteiger partial charge is 0.213 e. The molecule has 0 amide bonds. The number of nitrogens with zero attached hydrogens (tertiary/aromatic N) is 3. The summed E-state index contributed by atoms with van der Waals surface area (Å²) in [6.45, 7) is 0.765. The van der Waals surface area contributed by atoms with E-state index in [2.05, 4.69) is 10.1 Å². The van der Waals surface area contributed by atoms with Crippen LogP contribution in [0.15, 0.2) is 18.3 Å². The van der Waals surface area contributed by atoms with Crippen molar-refractivity contribution in [2.75, 3.05) is 6.61 Å². The molecule has 0 aromatic carbocycles. The Morgan fingerprint density at radius 1 is 1.38 bits per heavy atom. The van der Waals surface area contributed by atoms with Gasteiger partial charge in [-0.3, -0.25) is 0 Å². The highest BCUT2D eigenvalue weighted by Gasteiger charge is 2.18. The van der Waals surface area contributed by atoms with Crippen LogP contribution in [0.25, 0.3) is 11.0 Å². The largest absolute Gasteiger partial charge is 0.356 e. The fraction of sp³-hybridized carbons (Fsp3) is 0.455. The molecule has 3 rings (SSSR count). The van der Waals surface area contributed by atoms with Crippen molar-refractivity contribution in [2.24, 2.45) is 0 Å². The molecule has 4 nitrogen and oxygen atoms in total. The average Bonchev–Trinajstić information content (AvgIpc) is 2.73. The van der Waals surface area contributed by atoms with Crippen molar-refractivity contribution in [3.05, 3.63) is 24.3 Å². The fourth-order valence-electron chi connectivity index (χ4n) is 2.06. The molecule has 0 N–H and O–H groups in total. The van der Waals surface area contributed by atoms with Crippen LogP contribution in [0.5, 0.6) is 0 Å².